The van der Waals surface area contributed by atoms with Gasteiger partial charge in [-0.3, -0.25) is 0 Å². The van der Waals surface area contributed by atoms with E-state index < -0.39 is 0 Å². The van der Waals surface area contributed by atoms with Crippen molar-refractivity contribution in [1.82, 2.24) is 0 Å². The summed E-state index contributed by atoms with van der Waals surface area (Å²) in [5.41, 5.74) is 7.91. The Hall–Kier alpha value is -2.30. The number of benzene rings is 2. The highest BCUT2D eigenvalue weighted by Gasteiger charge is 2.03. The van der Waals surface area contributed by atoms with E-state index in [1.54, 1.807) is 6.21 Å². The van der Waals surface area contributed by atoms with Gasteiger partial charge in [0.15, 0.2) is 5.17 Å². The van der Waals surface area contributed by atoms with Crippen molar-refractivity contribution in [3.05, 3.63) is 64.1 Å². The van der Waals surface area contributed by atoms with Crippen LogP contribution in [0.4, 0.5) is 0 Å². The van der Waals surface area contributed by atoms with E-state index in [0.29, 0.717) is 18.2 Å². The van der Waals surface area contributed by atoms with Crippen molar-refractivity contribution in [2.75, 3.05) is 6.61 Å². The molecule has 2 N–H and O–H groups in total. The number of ether oxygens (including phenoxy) is 1. The average molecular weight is 445 g/mol. The van der Waals surface area contributed by atoms with Crippen molar-refractivity contribution in [2.45, 2.75) is 25.0 Å². The molecule has 0 heterocycles. The average Bonchev–Trinajstić information content (AvgIpc) is 2.68. The minimum atomic E-state index is 0.407. The second-order valence-corrected chi connectivity index (χ2v) is 7.51. The highest BCUT2D eigenvalue weighted by molar-refractivity contribution is 9.10. The van der Waals surface area contributed by atoms with Gasteiger partial charge in [-0.2, -0.15) is 10.4 Å². The lowest BCUT2D eigenvalue weighted by Gasteiger charge is -2.08. The molecule has 7 heteroatoms. The first kappa shape index (κ1) is 21.0. The Morgan fingerprint density at radius 3 is 2.81 bits per heavy atom. The van der Waals surface area contributed by atoms with Gasteiger partial charge in [0.05, 0.1) is 18.9 Å². The summed E-state index contributed by atoms with van der Waals surface area (Å²) in [7, 11) is 0. The maximum atomic E-state index is 8.56. The zero-order chi connectivity index (χ0) is 19.3. The number of halogens is 1. The van der Waals surface area contributed by atoms with E-state index in [2.05, 4.69) is 32.2 Å². The van der Waals surface area contributed by atoms with Gasteiger partial charge < -0.3 is 10.5 Å². The van der Waals surface area contributed by atoms with Crippen molar-refractivity contribution >= 4 is 39.1 Å². The van der Waals surface area contributed by atoms with Crippen molar-refractivity contribution < 1.29 is 4.74 Å². The highest BCUT2D eigenvalue weighted by Crippen LogP contribution is 2.22. The van der Waals surface area contributed by atoms with Crippen molar-refractivity contribution in [3.63, 3.8) is 0 Å². The lowest BCUT2D eigenvalue weighted by Crippen LogP contribution is -2.06. The number of nitrogens with two attached hydrogens (primary N) is 1. The number of nitriles is 1. The van der Waals surface area contributed by atoms with E-state index in [9.17, 15) is 0 Å². The summed E-state index contributed by atoms with van der Waals surface area (Å²) >= 11 is 4.89. The zero-order valence-corrected chi connectivity index (χ0v) is 17.2. The summed E-state index contributed by atoms with van der Waals surface area (Å²) in [6.07, 6.45) is 3.84. The van der Waals surface area contributed by atoms with E-state index in [1.165, 1.54) is 17.3 Å². The molecular weight excluding hydrogens is 424 g/mol. The number of thioether (sulfide) groups is 1. The Kier molecular flexibility index (Phi) is 9.45. The molecule has 0 atom stereocenters. The summed E-state index contributed by atoms with van der Waals surface area (Å²) in [6.45, 7) is 0.558. The third-order valence-electron chi connectivity index (χ3n) is 3.49. The Labute approximate surface area is 172 Å². The van der Waals surface area contributed by atoms with E-state index >= 15 is 0 Å². The number of rotatable bonds is 9. The monoisotopic (exact) mass is 444 g/mol. The topological polar surface area (TPSA) is 83.8 Å². The summed E-state index contributed by atoms with van der Waals surface area (Å²) < 4.78 is 6.72. The molecule has 2 aromatic rings. The molecule has 0 aliphatic carbocycles. The molecule has 0 spiro atoms. The SMILES string of the molecule is N#CCCCCOc1ccc(Br)cc1C=NN=C(N)SCc1ccccc1. The quantitative estimate of drug-likeness (QED) is 0.252. The second kappa shape index (κ2) is 12.2. The largest absolute Gasteiger partial charge is 0.493 e. The number of amidine groups is 1. The molecule has 140 valence electrons. The van der Waals surface area contributed by atoms with Crippen molar-refractivity contribution in [3.8, 4) is 11.8 Å². The predicted molar refractivity (Wildman–Crippen MR) is 116 cm³/mol. The number of nitrogens with zero attached hydrogens (tertiary/aromatic N) is 3. The van der Waals surface area contributed by atoms with E-state index in [-0.39, 0.29) is 0 Å². The molecule has 0 unspecified atom stereocenters. The van der Waals surface area contributed by atoms with Crippen LogP contribution in [-0.4, -0.2) is 18.0 Å². The molecule has 2 aromatic carbocycles. The molecule has 0 aromatic heterocycles. The van der Waals surface area contributed by atoms with Gasteiger partial charge in [-0.1, -0.05) is 58.0 Å². The molecule has 27 heavy (non-hydrogen) atoms. The Bertz CT molecular complexity index is 818. The van der Waals surface area contributed by atoms with Crippen LogP contribution in [-0.2, 0) is 5.75 Å². The van der Waals surface area contributed by atoms with Gasteiger partial charge in [0.2, 0.25) is 0 Å². The maximum absolute atomic E-state index is 8.56. The maximum Gasteiger partial charge on any atom is 0.180 e. The Morgan fingerprint density at radius 1 is 1.22 bits per heavy atom. The van der Waals surface area contributed by atoms with Crippen molar-refractivity contribution in [2.24, 2.45) is 15.9 Å². The molecule has 0 aliphatic rings. The van der Waals surface area contributed by atoms with Gasteiger partial charge in [-0.05, 0) is 36.6 Å². The normalized spacial score (nSPS) is 11.5. The minimum absolute atomic E-state index is 0.407. The fourth-order valence-corrected chi connectivity index (χ4v) is 3.14. The summed E-state index contributed by atoms with van der Waals surface area (Å²) in [4.78, 5) is 0. The zero-order valence-electron chi connectivity index (χ0n) is 14.8. The minimum Gasteiger partial charge on any atom is -0.493 e. The van der Waals surface area contributed by atoms with Gasteiger partial charge >= 0.3 is 0 Å². The molecule has 0 amide bonds. The standard InChI is InChI=1S/C20H21BrN4OS/c21-18-9-10-19(26-12-6-2-5-11-22)17(13-18)14-24-25-20(23)27-15-16-7-3-1-4-8-16/h1,3-4,7-10,13-14H,2,5-6,12,15H2,(H2,23,25). The van der Waals surface area contributed by atoms with Crippen LogP contribution in [0.25, 0.3) is 0 Å². The molecule has 0 saturated heterocycles. The predicted octanol–water partition coefficient (Wildman–Crippen LogP) is 5.10. The third kappa shape index (κ3) is 8.29. The van der Waals surface area contributed by atoms with Crippen molar-refractivity contribution in [1.29, 1.82) is 5.26 Å². The number of hydrogen-bond donors (Lipinski definition) is 1. The van der Waals surface area contributed by atoms with Gasteiger partial charge in [-0.15, -0.1) is 5.10 Å². The van der Waals surface area contributed by atoms with E-state index in [1.807, 2.05) is 48.5 Å². The van der Waals surface area contributed by atoms with Crippen LogP contribution in [0.5, 0.6) is 5.75 Å². The smallest absolute Gasteiger partial charge is 0.180 e. The first-order chi connectivity index (χ1) is 13.2. The van der Waals surface area contributed by atoms with E-state index in [0.717, 1.165) is 34.4 Å². The van der Waals surface area contributed by atoms with Crippen LogP contribution in [0.3, 0.4) is 0 Å². The molecular formula is C20H21BrN4OS. The molecule has 0 aliphatic heterocycles. The Morgan fingerprint density at radius 2 is 2.04 bits per heavy atom. The van der Waals surface area contributed by atoms with Crippen LogP contribution in [0, 0.1) is 11.3 Å². The van der Waals surface area contributed by atoms with Gasteiger partial charge in [0, 0.05) is 22.2 Å². The Balaban J connectivity index is 1.92. The van der Waals surface area contributed by atoms with Gasteiger partial charge in [-0.25, -0.2) is 0 Å². The highest BCUT2D eigenvalue weighted by atomic mass is 79.9. The lowest BCUT2D eigenvalue weighted by molar-refractivity contribution is 0.307. The lowest BCUT2D eigenvalue weighted by atomic mass is 10.2. The van der Waals surface area contributed by atoms with Crippen LogP contribution in [0.15, 0.2) is 63.2 Å². The number of hydrogen-bond acceptors (Lipinski definition) is 5. The van der Waals surface area contributed by atoms with Crippen LogP contribution >= 0.6 is 27.7 Å². The fraction of sp³-hybridized carbons (Fsp3) is 0.250. The van der Waals surface area contributed by atoms with Gasteiger partial charge in [0.25, 0.3) is 0 Å². The second-order valence-electron chi connectivity index (χ2n) is 5.60. The number of unbranched alkanes of at least 4 members (excludes halogenated alkanes) is 2. The molecule has 0 bridgehead atoms. The molecule has 2 rings (SSSR count). The molecule has 0 radical (unpaired) electrons. The molecule has 5 nitrogen and oxygen atoms in total. The summed E-state index contributed by atoms with van der Waals surface area (Å²) in [6, 6.07) is 17.9. The fourth-order valence-electron chi connectivity index (χ4n) is 2.15. The molecule has 0 saturated carbocycles. The van der Waals surface area contributed by atoms with Crippen LogP contribution < -0.4 is 10.5 Å². The summed E-state index contributed by atoms with van der Waals surface area (Å²) in [5.74, 6) is 1.48. The summed E-state index contributed by atoms with van der Waals surface area (Å²) in [5, 5.41) is 17.1. The third-order valence-corrected chi connectivity index (χ3v) is 4.84. The van der Waals surface area contributed by atoms with Crippen LogP contribution in [0.1, 0.15) is 30.4 Å². The van der Waals surface area contributed by atoms with Gasteiger partial charge in [0.1, 0.15) is 5.75 Å². The first-order valence-electron chi connectivity index (χ1n) is 8.51. The van der Waals surface area contributed by atoms with Crippen LogP contribution in [0.2, 0.25) is 0 Å². The van der Waals surface area contributed by atoms with E-state index in [4.69, 9.17) is 15.7 Å². The molecule has 0 fully saturated rings. The first-order valence-corrected chi connectivity index (χ1v) is 10.3.